The lowest BCUT2D eigenvalue weighted by atomic mass is 10.0. The van der Waals surface area contributed by atoms with E-state index in [-0.39, 0.29) is 0 Å². The first-order valence-electron chi connectivity index (χ1n) is 4.58. The Morgan fingerprint density at radius 2 is 1.93 bits per heavy atom. The molecule has 0 fully saturated rings. The van der Waals surface area contributed by atoms with E-state index in [2.05, 4.69) is 24.3 Å². The van der Waals surface area contributed by atoms with Crippen molar-refractivity contribution in [1.82, 2.24) is 0 Å². The zero-order valence-electron chi connectivity index (χ0n) is 7.58. The highest BCUT2D eigenvalue weighted by atomic mass is 32.2. The quantitative estimate of drug-likeness (QED) is 0.691. The third-order valence-corrected chi connectivity index (χ3v) is 3.65. The molecule has 1 N–H and O–H groups in total. The zero-order valence-corrected chi connectivity index (χ0v) is 8.40. The predicted octanol–water partition coefficient (Wildman–Crippen LogP) is 3.31. The molecule has 1 aliphatic rings. The molecule has 1 aliphatic heterocycles. The van der Waals surface area contributed by atoms with Gasteiger partial charge in [-0.25, -0.2) is 0 Å². The molecular weight excluding hydrogens is 190 g/mol. The average molecular weight is 199 g/mol. The lowest BCUT2D eigenvalue weighted by Crippen LogP contribution is -1.96. The molecule has 2 aromatic rings. The minimum atomic E-state index is 0.766. The van der Waals surface area contributed by atoms with Crippen LogP contribution in [0.1, 0.15) is 5.56 Å². The van der Waals surface area contributed by atoms with Crippen LogP contribution in [-0.4, -0.2) is 11.5 Å². The Hall–Kier alpha value is -1.28. The Bertz CT molecular complexity index is 531. The van der Waals surface area contributed by atoms with Crippen LogP contribution in [0.2, 0.25) is 0 Å². The molecule has 1 nitrogen and oxygen atoms in total. The fourth-order valence-electron chi connectivity index (χ4n) is 1.91. The first-order chi connectivity index (χ1) is 6.86. The van der Waals surface area contributed by atoms with Gasteiger partial charge < -0.3 is 5.41 Å². The number of thioether (sulfide) groups is 1. The van der Waals surface area contributed by atoms with Gasteiger partial charge in [-0.15, -0.1) is 11.8 Å². The van der Waals surface area contributed by atoms with Crippen LogP contribution >= 0.6 is 11.8 Å². The standard InChI is InChI=1S/C12H9NS/c13-10-7-14-11-6-5-8-3-1-2-4-9(8)12(10)11/h1-6,13H,7H2. The molecule has 0 unspecified atom stereocenters. The van der Waals surface area contributed by atoms with Crippen LogP contribution in [-0.2, 0) is 0 Å². The predicted molar refractivity (Wildman–Crippen MR) is 61.5 cm³/mol. The Kier molecular flexibility index (Phi) is 1.64. The second-order valence-electron chi connectivity index (χ2n) is 3.43. The maximum Gasteiger partial charge on any atom is 0.0506 e. The van der Waals surface area contributed by atoms with E-state index in [1.807, 2.05) is 12.1 Å². The van der Waals surface area contributed by atoms with E-state index >= 15 is 0 Å². The zero-order chi connectivity index (χ0) is 9.54. The molecule has 1 heterocycles. The lowest BCUT2D eigenvalue weighted by molar-refractivity contribution is 1.44. The molecule has 0 aromatic heterocycles. The summed E-state index contributed by atoms with van der Waals surface area (Å²) >= 11 is 1.77. The van der Waals surface area contributed by atoms with Crippen molar-refractivity contribution in [3.05, 3.63) is 42.0 Å². The van der Waals surface area contributed by atoms with Crippen LogP contribution in [0.3, 0.4) is 0 Å². The molecule has 0 saturated heterocycles. The average Bonchev–Trinajstić information content (AvgIpc) is 2.61. The molecule has 3 rings (SSSR count). The van der Waals surface area contributed by atoms with Gasteiger partial charge in [-0.2, -0.15) is 0 Å². The molecule has 0 amide bonds. The van der Waals surface area contributed by atoms with Crippen molar-refractivity contribution in [1.29, 1.82) is 5.41 Å². The van der Waals surface area contributed by atoms with Gasteiger partial charge in [0.2, 0.25) is 0 Å². The van der Waals surface area contributed by atoms with Gasteiger partial charge in [0, 0.05) is 16.2 Å². The van der Waals surface area contributed by atoms with E-state index in [4.69, 9.17) is 5.41 Å². The van der Waals surface area contributed by atoms with Crippen molar-refractivity contribution >= 4 is 28.2 Å². The number of hydrogen-bond donors (Lipinski definition) is 1. The van der Waals surface area contributed by atoms with Gasteiger partial charge >= 0.3 is 0 Å². The van der Waals surface area contributed by atoms with Gasteiger partial charge in [-0.3, -0.25) is 0 Å². The number of rotatable bonds is 0. The normalized spacial score (nSPS) is 14.7. The van der Waals surface area contributed by atoms with Gasteiger partial charge in [-0.05, 0) is 16.8 Å². The van der Waals surface area contributed by atoms with Gasteiger partial charge in [0.05, 0.1) is 5.71 Å². The van der Waals surface area contributed by atoms with E-state index in [1.54, 1.807) is 11.8 Å². The van der Waals surface area contributed by atoms with Crippen LogP contribution in [0, 0.1) is 5.41 Å². The lowest BCUT2D eigenvalue weighted by Gasteiger charge is -2.03. The Morgan fingerprint density at radius 3 is 2.86 bits per heavy atom. The smallest absolute Gasteiger partial charge is 0.0506 e. The van der Waals surface area contributed by atoms with Crippen LogP contribution < -0.4 is 0 Å². The van der Waals surface area contributed by atoms with Crippen molar-refractivity contribution < 1.29 is 0 Å². The van der Waals surface area contributed by atoms with Crippen LogP contribution in [0.4, 0.5) is 0 Å². The van der Waals surface area contributed by atoms with Gasteiger partial charge in [0.15, 0.2) is 0 Å². The second-order valence-corrected chi connectivity index (χ2v) is 4.44. The molecule has 0 aliphatic carbocycles. The number of nitrogens with one attached hydrogen (secondary N) is 1. The highest BCUT2D eigenvalue weighted by Crippen LogP contribution is 2.35. The minimum absolute atomic E-state index is 0.766. The van der Waals surface area contributed by atoms with Crippen molar-refractivity contribution in [3.63, 3.8) is 0 Å². The van der Waals surface area contributed by atoms with Crippen LogP contribution in [0.5, 0.6) is 0 Å². The summed E-state index contributed by atoms with van der Waals surface area (Å²) in [6, 6.07) is 12.6. The fraction of sp³-hybridized carbons (Fsp3) is 0.0833. The summed E-state index contributed by atoms with van der Waals surface area (Å²) in [5.74, 6) is 0.823. The molecule has 0 bridgehead atoms. The summed E-state index contributed by atoms with van der Waals surface area (Å²) in [6.45, 7) is 0. The maximum absolute atomic E-state index is 7.89. The monoisotopic (exact) mass is 199 g/mol. The summed E-state index contributed by atoms with van der Waals surface area (Å²) in [4.78, 5) is 1.26. The minimum Gasteiger partial charge on any atom is -0.304 e. The van der Waals surface area contributed by atoms with Crippen LogP contribution in [0.25, 0.3) is 10.8 Å². The SMILES string of the molecule is N=C1CSc2ccc3ccccc3c21. The Balaban J connectivity index is 2.47. The number of benzene rings is 2. The van der Waals surface area contributed by atoms with Gasteiger partial charge in [0.1, 0.15) is 0 Å². The van der Waals surface area contributed by atoms with Gasteiger partial charge in [-0.1, -0.05) is 30.3 Å². The van der Waals surface area contributed by atoms with Crippen molar-refractivity contribution in [2.45, 2.75) is 4.90 Å². The summed E-state index contributed by atoms with van der Waals surface area (Å²) < 4.78 is 0. The van der Waals surface area contributed by atoms with E-state index < -0.39 is 0 Å². The molecule has 0 radical (unpaired) electrons. The highest BCUT2D eigenvalue weighted by Gasteiger charge is 2.18. The summed E-state index contributed by atoms with van der Waals surface area (Å²) in [7, 11) is 0. The van der Waals surface area contributed by atoms with E-state index in [9.17, 15) is 0 Å². The van der Waals surface area contributed by atoms with Gasteiger partial charge in [0.25, 0.3) is 0 Å². The summed E-state index contributed by atoms with van der Waals surface area (Å²) in [6.07, 6.45) is 0. The fourth-order valence-corrected chi connectivity index (χ4v) is 2.89. The second kappa shape index (κ2) is 2.85. The molecule has 0 saturated carbocycles. The van der Waals surface area contributed by atoms with Crippen molar-refractivity contribution in [3.8, 4) is 0 Å². The third-order valence-electron chi connectivity index (χ3n) is 2.56. The number of hydrogen-bond acceptors (Lipinski definition) is 2. The molecule has 2 heteroatoms. The molecule has 0 atom stereocenters. The molecular formula is C12H9NS. The summed E-state index contributed by atoms with van der Waals surface area (Å²) in [5, 5.41) is 10.3. The summed E-state index contributed by atoms with van der Waals surface area (Å²) in [5.41, 5.74) is 1.91. The van der Waals surface area contributed by atoms with Crippen LogP contribution in [0.15, 0.2) is 41.3 Å². The first kappa shape index (κ1) is 8.06. The van der Waals surface area contributed by atoms with E-state index in [1.165, 1.54) is 15.7 Å². The molecule has 14 heavy (non-hydrogen) atoms. The highest BCUT2D eigenvalue weighted by molar-refractivity contribution is 8.00. The molecule has 68 valence electrons. The van der Waals surface area contributed by atoms with Crippen molar-refractivity contribution in [2.75, 3.05) is 5.75 Å². The van der Waals surface area contributed by atoms with Crippen molar-refractivity contribution in [2.24, 2.45) is 0 Å². The topological polar surface area (TPSA) is 23.9 Å². The maximum atomic E-state index is 7.89. The Labute approximate surface area is 86.6 Å². The first-order valence-corrected chi connectivity index (χ1v) is 5.57. The van der Waals surface area contributed by atoms with E-state index in [0.29, 0.717) is 0 Å². The Morgan fingerprint density at radius 1 is 1.07 bits per heavy atom. The third kappa shape index (κ3) is 1.01. The molecule has 2 aromatic carbocycles. The van der Waals surface area contributed by atoms with E-state index in [0.717, 1.165) is 17.0 Å². The number of fused-ring (bicyclic) bond motifs is 3. The largest absolute Gasteiger partial charge is 0.304 e. The molecule has 0 spiro atoms.